The molecule has 0 saturated carbocycles. The van der Waals surface area contributed by atoms with Gasteiger partial charge in [-0.2, -0.15) is 0 Å². The summed E-state index contributed by atoms with van der Waals surface area (Å²) >= 11 is 6.14. The lowest BCUT2D eigenvalue weighted by molar-refractivity contribution is 0.0979. The van der Waals surface area contributed by atoms with Crippen molar-refractivity contribution in [3.05, 3.63) is 69.1 Å². The highest BCUT2D eigenvalue weighted by molar-refractivity contribution is 6.31. The van der Waals surface area contributed by atoms with Gasteiger partial charge in [0.1, 0.15) is 0 Å². The van der Waals surface area contributed by atoms with Crippen molar-refractivity contribution in [2.75, 3.05) is 13.1 Å². The molecule has 28 heavy (non-hydrogen) atoms. The molecule has 0 amide bonds. The van der Waals surface area contributed by atoms with E-state index < -0.39 is 0 Å². The molecule has 0 fully saturated rings. The van der Waals surface area contributed by atoms with Gasteiger partial charge < -0.3 is 10.3 Å². The summed E-state index contributed by atoms with van der Waals surface area (Å²) < 4.78 is 1.54. The largest absolute Gasteiger partial charge is 0.326 e. The summed E-state index contributed by atoms with van der Waals surface area (Å²) in [5.41, 5.74) is 3.14. The summed E-state index contributed by atoms with van der Waals surface area (Å²) in [6.45, 7) is 1.75. The topological polar surface area (TPSA) is 66.9 Å². The fourth-order valence-corrected chi connectivity index (χ4v) is 3.37. The van der Waals surface area contributed by atoms with E-state index in [0.717, 1.165) is 48.5 Å². The van der Waals surface area contributed by atoms with Crippen LogP contribution in [-0.2, 0) is 13.5 Å². The third-order valence-electron chi connectivity index (χ3n) is 4.76. The second-order valence-electron chi connectivity index (χ2n) is 6.69. The number of rotatable bonds is 9. The molecule has 5 nitrogen and oxygen atoms in total. The van der Waals surface area contributed by atoms with Crippen LogP contribution < -0.4 is 11.0 Å². The molecular formula is C21H25Cl2N3O2. The first-order chi connectivity index (χ1) is 13.1. The number of H-pyrrole nitrogens is 1. The minimum atomic E-state index is -0.169. The molecule has 1 aromatic heterocycles. The molecule has 150 valence electrons. The van der Waals surface area contributed by atoms with Crippen LogP contribution in [0.15, 0.2) is 47.3 Å². The van der Waals surface area contributed by atoms with Crippen LogP contribution >= 0.6 is 24.0 Å². The molecule has 2 N–H and O–H groups in total. The van der Waals surface area contributed by atoms with Crippen LogP contribution in [-0.4, -0.2) is 28.4 Å². The van der Waals surface area contributed by atoms with E-state index in [1.54, 1.807) is 19.2 Å². The first-order valence-electron chi connectivity index (χ1n) is 9.22. The van der Waals surface area contributed by atoms with Crippen LogP contribution in [0.25, 0.3) is 11.0 Å². The normalized spacial score (nSPS) is 10.8. The number of nitrogens with zero attached hydrogens (tertiary/aromatic N) is 1. The summed E-state index contributed by atoms with van der Waals surface area (Å²) in [5.74, 6) is 0.109. The van der Waals surface area contributed by atoms with E-state index in [1.165, 1.54) is 4.57 Å². The zero-order valence-corrected chi connectivity index (χ0v) is 17.4. The minimum Gasteiger partial charge on any atom is -0.316 e. The molecule has 0 saturated heterocycles. The van der Waals surface area contributed by atoms with Crippen LogP contribution in [0.2, 0.25) is 5.02 Å². The van der Waals surface area contributed by atoms with E-state index in [2.05, 4.69) is 10.3 Å². The van der Waals surface area contributed by atoms with Crippen molar-refractivity contribution in [1.82, 2.24) is 14.9 Å². The number of unbranched alkanes of at least 4 members (excludes halogenated alkanes) is 1. The Morgan fingerprint density at radius 3 is 2.71 bits per heavy atom. The van der Waals surface area contributed by atoms with Gasteiger partial charge in [0.15, 0.2) is 5.78 Å². The number of aryl methyl sites for hydroxylation is 1. The summed E-state index contributed by atoms with van der Waals surface area (Å²) in [5, 5.41) is 4.20. The van der Waals surface area contributed by atoms with Crippen molar-refractivity contribution in [1.29, 1.82) is 0 Å². The summed E-state index contributed by atoms with van der Waals surface area (Å²) in [7, 11) is 1.71. The third-order valence-corrected chi connectivity index (χ3v) is 5.13. The lowest BCUT2D eigenvalue weighted by Crippen LogP contribution is -2.18. The molecule has 3 rings (SSSR count). The molecule has 0 radical (unpaired) electrons. The first-order valence-corrected chi connectivity index (χ1v) is 9.60. The van der Waals surface area contributed by atoms with Crippen LogP contribution in [0.1, 0.15) is 35.2 Å². The lowest BCUT2D eigenvalue weighted by atomic mass is 10.0. The molecule has 0 bridgehead atoms. The van der Waals surface area contributed by atoms with E-state index in [0.29, 0.717) is 17.5 Å². The van der Waals surface area contributed by atoms with Gasteiger partial charge in [0.25, 0.3) is 0 Å². The van der Waals surface area contributed by atoms with E-state index in [9.17, 15) is 9.59 Å². The second kappa shape index (κ2) is 10.5. The number of ketones is 1. The van der Waals surface area contributed by atoms with Gasteiger partial charge in [0.2, 0.25) is 0 Å². The highest BCUT2D eigenvalue weighted by Crippen LogP contribution is 2.15. The molecule has 0 aliphatic rings. The summed E-state index contributed by atoms with van der Waals surface area (Å²) in [6, 6.07) is 13.3. The predicted molar refractivity (Wildman–Crippen MR) is 117 cm³/mol. The number of aromatic nitrogens is 2. The average molecular weight is 422 g/mol. The molecule has 0 unspecified atom stereocenters. The number of hydrogen-bond acceptors (Lipinski definition) is 3. The molecule has 0 atom stereocenters. The Kier molecular flexibility index (Phi) is 8.30. The van der Waals surface area contributed by atoms with E-state index in [4.69, 9.17) is 11.6 Å². The Balaban J connectivity index is 0.00000280. The van der Waals surface area contributed by atoms with Crippen molar-refractivity contribution < 1.29 is 4.79 Å². The molecule has 1 heterocycles. The number of aromatic amines is 1. The molecule has 0 spiro atoms. The Morgan fingerprint density at radius 2 is 1.93 bits per heavy atom. The molecule has 0 aliphatic carbocycles. The van der Waals surface area contributed by atoms with Gasteiger partial charge in [0, 0.05) is 24.1 Å². The lowest BCUT2D eigenvalue weighted by Gasteiger charge is -2.06. The number of benzene rings is 2. The third kappa shape index (κ3) is 5.47. The number of fused-ring (bicyclic) bond motifs is 1. The van der Waals surface area contributed by atoms with Crippen molar-refractivity contribution in [2.45, 2.75) is 25.7 Å². The number of imidazole rings is 1. The van der Waals surface area contributed by atoms with Crippen molar-refractivity contribution in [3.8, 4) is 0 Å². The van der Waals surface area contributed by atoms with Crippen molar-refractivity contribution in [3.63, 3.8) is 0 Å². The summed E-state index contributed by atoms with van der Waals surface area (Å²) in [4.78, 5) is 26.8. The zero-order chi connectivity index (χ0) is 19.2. The SMILES string of the molecule is Cl.Cn1c(=O)[nH]c2cc(C(=O)CCCCNCCc3ccccc3Cl)ccc21. The second-order valence-corrected chi connectivity index (χ2v) is 7.10. The maximum absolute atomic E-state index is 12.4. The standard InChI is InChI=1S/C21H24ClN3O2.ClH/c1-25-19-10-9-16(14-18(19)24-21(25)27)20(26)8-4-5-12-23-13-11-15-6-2-3-7-17(15)22;/h2-3,6-7,9-10,14,23H,4-5,8,11-13H2,1H3,(H,24,27);1H. The fraction of sp³-hybridized carbons (Fsp3) is 0.333. The zero-order valence-electron chi connectivity index (χ0n) is 15.8. The molecule has 2 aromatic carbocycles. The smallest absolute Gasteiger partial charge is 0.316 e. The van der Waals surface area contributed by atoms with E-state index in [-0.39, 0.29) is 23.9 Å². The first kappa shape index (κ1) is 22.2. The molecule has 0 aliphatic heterocycles. The molecule has 3 aromatic rings. The van der Waals surface area contributed by atoms with Gasteiger partial charge in [-0.05, 0) is 62.2 Å². The molecule has 7 heteroatoms. The van der Waals surface area contributed by atoms with Gasteiger partial charge in [-0.3, -0.25) is 9.36 Å². The number of hydrogen-bond donors (Lipinski definition) is 2. The van der Waals surface area contributed by atoms with E-state index in [1.807, 2.05) is 30.3 Å². The average Bonchev–Trinajstić information content (AvgIpc) is 2.95. The number of halogens is 2. The van der Waals surface area contributed by atoms with E-state index >= 15 is 0 Å². The highest BCUT2D eigenvalue weighted by atomic mass is 35.5. The summed E-state index contributed by atoms with van der Waals surface area (Å²) in [6.07, 6.45) is 3.18. The van der Waals surface area contributed by atoms with Crippen molar-refractivity contribution in [2.24, 2.45) is 7.05 Å². The van der Waals surface area contributed by atoms with Crippen LogP contribution in [0.5, 0.6) is 0 Å². The maximum Gasteiger partial charge on any atom is 0.326 e. The van der Waals surface area contributed by atoms with Crippen LogP contribution in [0.3, 0.4) is 0 Å². The number of Topliss-reactive ketones (excluding diaryl/α,β-unsaturated/α-hetero) is 1. The number of nitrogens with one attached hydrogen (secondary N) is 2. The Morgan fingerprint density at radius 1 is 1.14 bits per heavy atom. The van der Waals surface area contributed by atoms with Crippen LogP contribution in [0, 0.1) is 0 Å². The Bertz CT molecular complexity index is 995. The number of carbonyl (C=O) groups excluding carboxylic acids is 1. The Labute approximate surface area is 175 Å². The predicted octanol–water partition coefficient (Wildman–Crippen LogP) is 4.13. The maximum atomic E-state index is 12.4. The number of carbonyl (C=O) groups is 1. The highest BCUT2D eigenvalue weighted by Gasteiger charge is 2.09. The van der Waals surface area contributed by atoms with Gasteiger partial charge in [-0.1, -0.05) is 29.8 Å². The Hall–Kier alpha value is -2.08. The van der Waals surface area contributed by atoms with Gasteiger partial charge in [0.05, 0.1) is 11.0 Å². The fourth-order valence-electron chi connectivity index (χ4n) is 3.14. The van der Waals surface area contributed by atoms with Gasteiger partial charge in [-0.25, -0.2) is 4.79 Å². The monoisotopic (exact) mass is 421 g/mol. The minimum absolute atomic E-state index is 0. The van der Waals surface area contributed by atoms with Crippen molar-refractivity contribution >= 4 is 40.8 Å². The van der Waals surface area contributed by atoms with Gasteiger partial charge >= 0.3 is 5.69 Å². The van der Waals surface area contributed by atoms with Crippen LogP contribution in [0.4, 0.5) is 0 Å². The van der Waals surface area contributed by atoms with Gasteiger partial charge in [-0.15, -0.1) is 12.4 Å². The molecular weight excluding hydrogens is 397 g/mol. The quantitative estimate of drug-likeness (QED) is 0.403.